The molecule has 1 fully saturated rings. The molecule has 15 heavy (non-hydrogen) atoms. The number of hydrogen-bond acceptors (Lipinski definition) is 2. The molecule has 0 spiro atoms. The van der Waals surface area contributed by atoms with Crippen molar-refractivity contribution in [3.63, 3.8) is 0 Å². The Balaban J connectivity index is 2.17. The van der Waals surface area contributed by atoms with Gasteiger partial charge >= 0.3 is 0 Å². The van der Waals surface area contributed by atoms with Gasteiger partial charge in [-0.2, -0.15) is 0 Å². The minimum atomic E-state index is -0.453. The molecule has 4 heteroatoms. The zero-order valence-electron chi connectivity index (χ0n) is 8.29. The van der Waals surface area contributed by atoms with Gasteiger partial charge in [0.1, 0.15) is 11.6 Å². The van der Waals surface area contributed by atoms with E-state index in [2.05, 4.69) is 0 Å². The minimum Gasteiger partial charge on any atom is -0.328 e. The van der Waals surface area contributed by atoms with Crippen LogP contribution in [-0.2, 0) is 0 Å². The van der Waals surface area contributed by atoms with Gasteiger partial charge in [0.2, 0.25) is 0 Å². The molecular formula is C11H14F2N2. The SMILES string of the molecule is NC1CC(C(N)c2cc(F)ccc2F)C1. The largest absolute Gasteiger partial charge is 0.328 e. The Kier molecular flexibility index (Phi) is 2.71. The topological polar surface area (TPSA) is 52.0 Å². The fourth-order valence-corrected chi connectivity index (χ4v) is 2.03. The second-order valence-electron chi connectivity index (χ2n) is 4.18. The third-order valence-electron chi connectivity index (χ3n) is 3.04. The molecule has 0 heterocycles. The van der Waals surface area contributed by atoms with Crippen molar-refractivity contribution in [3.8, 4) is 0 Å². The molecule has 1 saturated carbocycles. The molecule has 0 radical (unpaired) electrons. The maximum absolute atomic E-state index is 13.4. The number of nitrogens with two attached hydrogens (primary N) is 2. The first-order valence-corrected chi connectivity index (χ1v) is 5.04. The van der Waals surface area contributed by atoms with Gasteiger partial charge < -0.3 is 11.5 Å². The summed E-state index contributed by atoms with van der Waals surface area (Å²) in [5.74, 6) is -0.717. The molecule has 1 aromatic carbocycles. The first-order valence-electron chi connectivity index (χ1n) is 5.04. The Labute approximate surface area is 87.3 Å². The monoisotopic (exact) mass is 212 g/mol. The summed E-state index contributed by atoms with van der Waals surface area (Å²) in [5.41, 5.74) is 11.8. The highest BCUT2D eigenvalue weighted by Crippen LogP contribution is 2.36. The van der Waals surface area contributed by atoms with Crippen molar-refractivity contribution in [2.24, 2.45) is 17.4 Å². The lowest BCUT2D eigenvalue weighted by atomic mass is 9.74. The Morgan fingerprint density at radius 1 is 1.27 bits per heavy atom. The summed E-state index contributed by atoms with van der Waals surface area (Å²) in [6.45, 7) is 0. The summed E-state index contributed by atoms with van der Waals surface area (Å²) in [5, 5.41) is 0. The molecule has 2 nitrogen and oxygen atoms in total. The van der Waals surface area contributed by atoms with Crippen LogP contribution in [0, 0.1) is 17.6 Å². The second kappa shape index (κ2) is 3.87. The van der Waals surface area contributed by atoms with Crippen LogP contribution in [0.25, 0.3) is 0 Å². The summed E-state index contributed by atoms with van der Waals surface area (Å²) >= 11 is 0. The molecule has 4 N–H and O–H groups in total. The van der Waals surface area contributed by atoms with Crippen molar-refractivity contribution in [1.82, 2.24) is 0 Å². The molecule has 1 aliphatic rings. The Morgan fingerprint density at radius 2 is 1.93 bits per heavy atom. The van der Waals surface area contributed by atoms with Crippen molar-refractivity contribution >= 4 is 0 Å². The lowest BCUT2D eigenvalue weighted by Crippen LogP contribution is -2.41. The lowest BCUT2D eigenvalue weighted by Gasteiger charge is -2.37. The third kappa shape index (κ3) is 2.01. The first-order chi connectivity index (χ1) is 7.08. The highest BCUT2D eigenvalue weighted by molar-refractivity contribution is 5.23. The zero-order chi connectivity index (χ0) is 11.0. The van der Waals surface area contributed by atoms with E-state index in [1.54, 1.807) is 0 Å². The molecule has 0 aromatic heterocycles. The van der Waals surface area contributed by atoms with E-state index in [1.165, 1.54) is 6.07 Å². The highest BCUT2D eigenvalue weighted by atomic mass is 19.1. The molecular weight excluding hydrogens is 198 g/mol. The van der Waals surface area contributed by atoms with Crippen LogP contribution in [0.15, 0.2) is 18.2 Å². The first kappa shape index (κ1) is 10.5. The van der Waals surface area contributed by atoms with Crippen molar-refractivity contribution in [2.45, 2.75) is 24.9 Å². The molecule has 2 rings (SSSR count). The fraction of sp³-hybridized carbons (Fsp3) is 0.455. The van der Waals surface area contributed by atoms with Crippen molar-refractivity contribution < 1.29 is 8.78 Å². The van der Waals surface area contributed by atoms with Gasteiger partial charge in [-0.1, -0.05) is 0 Å². The molecule has 0 amide bonds. The van der Waals surface area contributed by atoms with E-state index in [0.29, 0.717) is 0 Å². The molecule has 0 bridgehead atoms. The van der Waals surface area contributed by atoms with Crippen LogP contribution in [0.3, 0.4) is 0 Å². The van der Waals surface area contributed by atoms with Crippen LogP contribution in [-0.4, -0.2) is 6.04 Å². The molecule has 1 unspecified atom stereocenters. The minimum absolute atomic E-state index is 0.165. The zero-order valence-corrected chi connectivity index (χ0v) is 8.29. The summed E-state index contributed by atoms with van der Waals surface area (Å²) in [6.07, 6.45) is 1.58. The normalized spacial score (nSPS) is 27.2. The van der Waals surface area contributed by atoms with Gasteiger partial charge in [-0.15, -0.1) is 0 Å². The molecule has 1 aliphatic carbocycles. The summed E-state index contributed by atoms with van der Waals surface area (Å²) < 4.78 is 26.3. The molecule has 1 atom stereocenters. The van der Waals surface area contributed by atoms with Crippen LogP contribution in [0.5, 0.6) is 0 Å². The van der Waals surface area contributed by atoms with E-state index in [-0.39, 0.29) is 17.5 Å². The predicted molar refractivity (Wildman–Crippen MR) is 54.0 cm³/mol. The van der Waals surface area contributed by atoms with Gasteiger partial charge in [-0.3, -0.25) is 0 Å². The average molecular weight is 212 g/mol. The van der Waals surface area contributed by atoms with E-state index >= 15 is 0 Å². The van der Waals surface area contributed by atoms with Gasteiger partial charge in [0.05, 0.1) is 0 Å². The van der Waals surface area contributed by atoms with Crippen LogP contribution in [0.4, 0.5) is 8.78 Å². The molecule has 0 saturated heterocycles. The second-order valence-corrected chi connectivity index (χ2v) is 4.18. The van der Waals surface area contributed by atoms with Crippen LogP contribution in [0.2, 0.25) is 0 Å². The van der Waals surface area contributed by atoms with Crippen LogP contribution in [0.1, 0.15) is 24.4 Å². The lowest BCUT2D eigenvalue weighted by molar-refractivity contribution is 0.221. The summed E-state index contributed by atoms with van der Waals surface area (Å²) in [7, 11) is 0. The number of benzene rings is 1. The fourth-order valence-electron chi connectivity index (χ4n) is 2.03. The van der Waals surface area contributed by atoms with Crippen molar-refractivity contribution in [1.29, 1.82) is 0 Å². The summed E-state index contributed by atoms with van der Waals surface area (Å²) in [6, 6.07) is 3.10. The number of rotatable bonds is 2. The molecule has 0 aliphatic heterocycles. The Morgan fingerprint density at radius 3 is 2.53 bits per heavy atom. The van der Waals surface area contributed by atoms with Gasteiger partial charge in [-0.25, -0.2) is 8.78 Å². The van der Waals surface area contributed by atoms with Gasteiger partial charge in [0.15, 0.2) is 0 Å². The predicted octanol–water partition coefficient (Wildman–Crippen LogP) is 1.70. The van der Waals surface area contributed by atoms with Gasteiger partial charge in [-0.05, 0) is 37.0 Å². The smallest absolute Gasteiger partial charge is 0.128 e. The van der Waals surface area contributed by atoms with E-state index in [4.69, 9.17) is 11.5 Å². The third-order valence-corrected chi connectivity index (χ3v) is 3.04. The van der Waals surface area contributed by atoms with E-state index in [1.807, 2.05) is 0 Å². The summed E-state index contributed by atoms with van der Waals surface area (Å²) in [4.78, 5) is 0. The Bertz CT molecular complexity index is 362. The molecule has 82 valence electrons. The van der Waals surface area contributed by atoms with E-state index < -0.39 is 17.7 Å². The van der Waals surface area contributed by atoms with Crippen LogP contribution >= 0.6 is 0 Å². The van der Waals surface area contributed by atoms with Gasteiger partial charge in [0, 0.05) is 17.6 Å². The average Bonchev–Trinajstić information content (AvgIpc) is 2.16. The quantitative estimate of drug-likeness (QED) is 0.784. The maximum Gasteiger partial charge on any atom is 0.128 e. The molecule has 1 aromatic rings. The Hall–Kier alpha value is -1.00. The van der Waals surface area contributed by atoms with Crippen LogP contribution < -0.4 is 11.5 Å². The standard InChI is InChI=1S/C11H14F2N2/c12-7-1-2-10(13)9(5-7)11(15)6-3-8(14)4-6/h1-2,5-6,8,11H,3-4,14-15H2. The highest BCUT2D eigenvalue weighted by Gasteiger charge is 2.32. The van der Waals surface area contributed by atoms with Gasteiger partial charge in [0.25, 0.3) is 0 Å². The van der Waals surface area contributed by atoms with E-state index in [9.17, 15) is 8.78 Å². The van der Waals surface area contributed by atoms with Crippen molar-refractivity contribution in [2.75, 3.05) is 0 Å². The number of halogens is 2. The van der Waals surface area contributed by atoms with Crippen molar-refractivity contribution in [3.05, 3.63) is 35.4 Å². The van der Waals surface area contributed by atoms with E-state index in [0.717, 1.165) is 25.0 Å². The maximum atomic E-state index is 13.4. The number of hydrogen-bond donors (Lipinski definition) is 2.